The van der Waals surface area contributed by atoms with Gasteiger partial charge in [0, 0.05) is 29.1 Å². The maximum Gasteiger partial charge on any atom is 0.307 e. The van der Waals surface area contributed by atoms with Gasteiger partial charge in [-0.1, -0.05) is 40.7 Å². The highest BCUT2D eigenvalue weighted by Gasteiger charge is 2.73. The lowest BCUT2D eigenvalue weighted by molar-refractivity contribution is -0.207. The fraction of sp³-hybridized carbons (Fsp3) is 0.741. The first-order chi connectivity index (χ1) is 15.8. The van der Waals surface area contributed by atoms with E-state index in [9.17, 15) is 24.6 Å². The number of rotatable bonds is 5. The van der Waals surface area contributed by atoms with Crippen molar-refractivity contribution in [2.45, 2.75) is 78.2 Å². The summed E-state index contributed by atoms with van der Waals surface area (Å²) in [5, 5.41) is 21.5. The van der Waals surface area contributed by atoms with Crippen LogP contribution in [0.25, 0.3) is 0 Å². The number of aliphatic hydroxyl groups excluding tert-OH is 2. The second kappa shape index (κ2) is 8.37. The molecule has 0 radical (unpaired) electrons. The van der Waals surface area contributed by atoms with Crippen LogP contribution in [0.15, 0.2) is 23.8 Å². The molecule has 0 aliphatic heterocycles. The molecule has 2 N–H and O–H groups in total. The van der Waals surface area contributed by atoms with Crippen LogP contribution in [0.1, 0.15) is 60.3 Å². The molecule has 0 spiro atoms. The first kappa shape index (κ1) is 25.2. The number of esters is 1. The number of Topliss-reactive ketones (excluding diaryl/α,β-unsaturated/α-hetero) is 1. The monoisotopic (exact) mass is 476 g/mol. The van der Waals surface area contributed by atoms with Gasteiger partial charge in [0.05, 0.1) is 6.10 Å². The summed E-state index contributed by atoms with van der Waals surface area (Å²) in [4.78, 5) is 38.2. The lowest BCUT2D eigenvalue weighted by atomic mass is 9.46. The van der Waals surface area contributed by atoms with Gasteiger partial charge in [-0.2, -0.15) is 0 Å². The SMILES string of the molecule is CC(C)CC(=O)O[C@]1(C(=O)CO)[C@H](C)C[C@H]2[C@@H]3C[C@H](F)C4=CC(=O)C=C[C@]4(C)[C@H]3C(O)C[C@@]21C. The molecule has 4 rings (SSSR count). The molecule has 0 heterocycles. The topological polar surface area (TPSA) is 101 Å². The number of alkyl halides is 1. The van der Waals surface area contributed by atoms with Gasteiger partial charge in [-0.05, 0) is 54.7 Å². The highest BCUT2D eigenvalue weighted by atomic mass is 19.1. The van der Waals surface area contributed by atoms with Crippen molar-refractivity contribution in [2.24, 2.45) is 40.4 Å². The zero-order valence-electron chi connectivity index (χ0n) is 20.7. The predicted octanol–water partition coefficient (Wildman–Crippen LogP) is 3.35. The first-order valence-corrected chi connectivity index (χ1v) is 12.4. The third-order valence-corrected chi connectivity index (χ3v) is 9.42. The number of hydrogen-bond donors (Lipinski definition) is 2. The third-order valence-electron chi connectivity index (χ3n) is 9.42. The molecule has 1 unspecified atom stereocenters. The van der Waals surface area contributed by atoms with Crippen LogP contribution in [-0.4, -0.2) is 52.2 Å². The maximum absolute atomic E-state index is 15.6. The molecule has 0 aromatic rings. The molecule has 0 aromatic heterocycles. The van der Waals surface area contributed by atoms with E-state index in [0.29, 0.717) is 12.0 Å². The van der Waals surface area contributed by atoms with Gasteiger partial charge in [-0.3, -0.25) is 14.4 Å². The van der Waals surface area contributed by atoms with Crippen molar-refractivity contribution in [3.05, 3.63) is 23.8 Å². The van der Waals surface area contributed by atoms with Crippen molar-refractivity contribution < 1.29 is 33.7 Å². The van der Waals surface area contributed by atoms with Gasteiger partial charge in [0.15, 0.2) is 11.4 Å². The van der Waals surface area contributed by atoms with E-state index in [4.69, 9.17) is 4.74 Å². The van der Waals surface area contributed by atoms with Crippen LogP contribution >= 0.6 is 0 Å². The molecule has 188 valence electrons. The smallest absolute Gasteiger partial charge is 0.307 e. The van der Waals surface area contributed by atoms with Gasteiger partial charge in [0.25, 0.3) is 0 Å². The van der Waals surface area contributed by atoms with Crippen molar-refractivity contribution >= 4 is 17.5 Å². The predicted molar refractivity (Wildman–Crippen MR) is 123 cm³/mol. The largest absolute Gasteiger partial charge is 0.450 e. The van der Waals surface area contributed by atoms with Crippen molar-refractivity contribution in [1.82, 2.24) is 0 Å². The average Bonchev–Trinajstić information content (AvgIpc) is 2.95. The average molecular weight is 477 g/mol. The van der Waals surface area contributed by atoms with Gasteiger partial charge in [-0.15, -0.1) is 0 Å². The van der Waals surface area contributed by atoms with E-state index in [1.54, 1.807) is 6.08 Å². The lowest BCUT2D eigenvalue weighted by Crippen LogP contribution is -2.64. The summed E-state index contributed by atoms with van der Waals surface area (Å²) in [6.07, 6.45) is 3.30. The molecule has 0 amide bonds. The maximum atomic E-state index is 15.6. The molecular weight excluding hydrogens is 439 g/mol. The Labute approximate surface area is 200 Å². The summed E-state index contributed by atoms with van der Waals surface area (Å²) in [5.41, 5.74) is -2.92. The minimum Gasteiger partial charge on any atom is -0.450 e. The second-order valence-corrected chi connectivity index (χ2v) is 11.8. The fourth-order valence-corrected chi connectivity index (χ4v) is 8.19. The fourth-order valence-electron chi connectivity index (χ4n) is 8.19. The van der Waals surface area contributed by atoms with E-state index >= 15 is 4.39 Å². The number of aliphatic hydroxyl groups is 2. The quantitative estimate of drug-likeness (QED) is 0.590. The van der Waals surface area contributed by atoms with E-state index < -0.39 is 53.0 Å². The molecular formula is C27H37FO6. The second-order valence-electron chi connectivity index (χ2n) is 11.8. The summed E-state index contributed by atoms with van der Waals surface area (Å²) in [5.74, 6) is -2.46. The van der Waals surface area contributed by atoms with Gasteiger partial charge in [-0.25, -0.2) is 4.39 Å². The summed E-state index contributed by atoms with van der Waals surface area (Å²) < 4.78 is 21.6. The third kappa shape index (κ3) is 3.37. The number of carbonyl (C=O) groups is 3. The summed E-state index contributed by atoms with van der Waals surface area (Å²) >= 11 is 0. The van der Waals surface area contributed by atoms with E-state index in [-0.39, 0.29) is 48.7 Å². The minimum absolute atomic E-state index is 0.0343. The normalized spacial score (nSPS) is 45.3. The highest BCUT2D eigenvalue weighted by molar-refractivity contribution is 6.01. The molecule has 0 saturated heterocycles. The standard InChI is InChI=1S/C27H37FO6/c1-14(2)8-23(33)34-27(22(32)13-29)15(3)9-18-17-11-20(28)19-10-16(30)6-7-25(19,4)24(17)21(31)12-26(18,27)5/h6-7,10,14-15,17-18,20-21,24,29,31H,8-9,11-13H2,1-5H3/t15-,17+,18+,20+,21?,24-,25+,26+,27+/m1/s1. The van der Waals surface area contributed by atoms with E-state index in [2.05, 4.69) is 0 Å². The molecule has 0 bridgehead atoms. The summed E-state index contributed by atoms with van der Waals surface area (Å²) in [7, 11) is 0. The van der Waals surface area contributed by atoms with Crippen LogP contribution in [0.2, 0.25) is 0 Å². The Bertz CT molecular complexity index is 955. The van der Waals surface area contributed by atoms with Gasteiger partial charge in [0.1, 0.15) is 12.8 Å². The number of fused-ring (bicyclic) bond motifs is 5. The van der Waals surface area contributed by atoms with E-state index in [1.165, 1.54) is 12.2 Å². The zero-order chi connectivity index (χ0) is 25.2. The minimum atomic E-state index is -1.58. The Morgan fingerprint density at radius 1 is 1.26 bits per heavy atom. The van der Waals surface area contributed by atoms with Crippen molar-refractivity contribution in [3.63, 3.8) is 0 Å². The highest BCUT2D eigenvalue weighted by Crippen LogP contribution is 2.69. The van der Waals surface area contributed by atoms with Crippen LogP contribution in [0.4, 0.5) is 4.39 Å². The number of allylic oxidation sites excluding steroid dienone is 4. The Kier molecular flexibility index (Phi) is 6.21. The molecule has 4 aliphatic rings. The van der Waals surface area contributed by atoms with Crippen LogP contribution in [-0.2, 0) is 19.1 Å². The molecule has 0 aromatic carbocycles. The summed E-state index contributed by atoms with van der Waals surface area (Å²) in [6.45, 7) is 8.59. The molecule has 3 fully saturated rings. The Morgan fingerprint density at radius 2 is 1.94 bits per heavy atom. The van der Waals surface area contributed by atoms with Crippen LogP contribution < -0.4 is 0 Å². The molecule has 3 saturated carbocycles. The van der Waals surface area contributed by atoms with Gasteiger partial charge < -0.3 is 14.9 Å². The van der Waals surface area contributed by atoms with Crippen LogP contribution in [0.5, 0.6) is 0 Å². The number of carbonyl (C=O) groups excluding carboxylic acids is 3. The molecule has 4 aliphatic carbocycles. The Morgan fingerprint density at radius 3 is 2.56 bits per heavy atom. The Hall–Kier alpha value is -1.86. The number of ketones is 2. The number of hydrogen-bond acceptors (Lipinski definition) is 6. The van der Waals surface area contributed by atoms with Crippen molar-refractivity contribution in [3.8, 4) is 0 Å². The van der Waals surface area contributed by atoms with Crippen molar-refractivity contribution in [1.29, 1.82) is 0 Å². The molecule has 7 heteroatoms. The van der Waals surface area contributed by atoms with Gasteiger partial charge >= 0.3 is 5.97 Å². The molecule has 9 atom stereocenters. The van der Waals surface area contributed by atoms with Gasteiger partial charge in [0.2, 0.25) is 5.78 Å². The Balaban J connectivity index is 1.79. The van der Waals surface area contributed by atoms with Crippen molar-refractivity contribution in [2.75, 3.05) is 6.61 Å². The van der Waals surface area contributed by atoms with Crippen LogP contribution in [0.3, 0.4) is 0 Å². The zero-order valence-corrected chi connectivity index (χ0v) is 20.7. The van der Waals surface area contributed by atoms with E-state index in [1.807, 2.05) is 34.6 Å². The number of ether oxygens (including phenoxy) is 1. The lowest BCUT2D eigenvalue weighted by Gasteiger charge is -2.60. The molecule has 34 heavy (non-hydrogen) atoms. The summed E-state index contributed by atoms with van der Waals surface area (Å²) in [6, 6.07) is 0. The van der Waals surface area contributed by atoms with Crippen LogP contribution in [0, 0.1) is 40.4 Å². The van der Waals surface area contributed by atoms with E-state index in [0.717, 1.165) is 0 Å². The first-order valence-electron chi connectivity index (χ1n) is 12.4. The molecule has 6 nitrogen and oxygen atoms in total. The number of halogens is 1.